The van der Waals surface area contributed by atoms with Crippen LogP contribution in [0.5, 0.6) is 0 Å². The summed E-state index contributed by atoms with van der Waals surface area (Å²) in [5.74, 6) is -0.111. The molecule has 1 aromatic heterocycles. The van der Waals surface area contributed by atoms with Crippen molar-refractivity contribution >= 4 is 22.5 Å². The highest BCUT2D eigenvalue weighted by molar-refractivity contribution is 6.09. The Hall–Kier alpha value is -2.68. The van der Waals surface area contributed by atoms with Gasteiger partial charge in [0.1, 0.15) is 0 Å². The van der Waals surface area contributed by atoms with Gasteiger partial charge in [-0.1, -0.05) is 35.9 Å². The van der Waals surface area contributed by atoms with Gasteiger partial charge in [0.15, 0.2) is 0 Å². The lowest BCUT2D eigenvalue weighted by atomic mass is 10.1. The van der Waals surface area contributed by atoms with E-state index in [0.717, 1.165) is 27.7 Å². The third-order valence-corrected chi connectivity index (χ3v) is 3.50. The molecule has 0 radical (unpaired) electrons. The van der Waals surface area contributed by atoms with Gasteiger partial charge in [0.25, 0.3) is 5.91 Å². The first-order valence-electron chi connectivity index (χ1n) is 6.87. The number of nitrogens with one attached hydrogen (secondary N) is 1. The fourth-order valence-electron chi connectivity index (χ4n) is 2.38. The van der Waals surface area contributed by atoms with E-state index >= 15 is 0 Å². The van der Waals surface area contributed by atoms with E-state index < -0.39 is 0 Å². The Balaban J connectivity index is 2.02. The molecule has 0 aliphatic rings. The Morgan fingerprint density at radius 1 is 1.05 bits per heavy atom. The van der Waals surface area contributed by atoms with Crippen LogP contribution in [0.25, 0.3) is 10.9 Å². The molecule has 3 heteroatoms. The molecule has 1 amide bonds. The predicted molar refractivity (Wildman–Crippen MR) is 85.6 cm³/mol. The molecule has 2 aromatic carbocycles. The first-order valence-corrected chi connectivity index (χ1v) is 6.87. The van der Waals surface area contributed by atoms with Crippen LogP contribution in [0, 0.1) is 13.8 Å². The van der Waals surface area contributed by atoms with Gasteiger partial charge in [-0.2, -0.15) is 0 Å². The van der Waals surface area contributed by atoms with Crippen molar-refractivity contribution in [3.8, 4) is 0 Å². The molecule has 0 bridgehead atoms. The van der Waals surface area contributed by atoms with E-state index in [2.05, 4.69) is 10.3 Å². The topological polar surface area (TPSA) is 42.0 Å². The highest BCUT2D eigenvalue weighted by atomic mass is 16.1. The summed E-state index contributed by atoms with van der Waals surface area (Å²) in [7, 11) is 0. The molecule has 1 N–H and O–H groups in total. The summed E-state index contributed by atoms with van der Waals surface area (Å²) in [6, 6.07) is 15.4. The first kappa shape index (κ1) is 13.3. The maximum atomic E-state index is 12.4. The number of rotatable bonds is 2. The lowest BCUT2D eigenvalue weighted by Crippen LogP contribution is -2.13. The molecule has 21 heavy (non-hydrogen) atoms. The molecule has 0 aliphatic heterocycles. The summed E-state index contributed by atoms with van der Waals surface area (Å²) in [4.78, 5) is 16.8. The van der Waals surface area contributed by atoms with Crippen LogP contribution >= 0.6 is 0 Å². The average Bonchev–Trinajstić information content (AvgIpc) is 2.50. The van der Waals surface area contributed by atoms with Gasteiger partial charge in [0, 0.05) is 17.1 Å². The van der Waals surface area contributed by atoms with E-state index in [1.807, 2.05) is 62.4 Å². The summed E-state index contributed by atoms with van der Waals surface area (Å²) in [6.07, 6.45) is 1.74. The summed E-state index contributed by atoms with van der Waals surface area (Å²) in [5.41, 5.74) is 4.32. The van der Waals surface area contributed by atoms with Crippen LogP contribution in [0.15, 0.2) is 54.7 Å². The standard InChI is InChI=1S/C18H16N2O/c1-12-5-3-6-15(11-12)18(21)20-16-13(2)8-9-14-7-4-10-19-17(14)16/h3-11H,1-2H3,(H,20,21). The Morgan fingerprint density at radius 3 is 2.71 bits per heavy atom. The van der Waals surface area contributed by atoms with Gasteiger partial charge in [-0.15, -0.1) is 0 Å². The zero-order valence-corrected chi connectivity index (χ0v) is 12.1. The van der Waals surface area contributed by atoms with E-state index in [4.69, 9.17) is 0 Å². The van der Waals surface area contributed by atoms with E-state index in [-0.39, 0.29) is 5.91 Å². The number of aryl methyl sites for hydroxylation is 2. The van der Waals surface area contributed by atoms with Crippen molar-refractivity contribution in [3.63, 3.8) is 0 Å². The normalized spacial score (nSPS) is 10.6. The van der Waals surface area contributed by atoms with Crippen LogP contribution in [0.1, 0.15) is 21.5 Å². The Labute approximate surface area is 123 Å². The Bertz CT molecular complexity index is 824. The second kappa shape index (κ2) is 5.37. The van der Waals surface area contributed by atoms with Crippen molar-refractivity contribution in [1.29, 1.82) is 0 Å². The Morgan fingerprint density at radius 2 is 1.90 bits per heavy atom. The number of benzene rings is 2. The zero-order valence-electron chi connectivity index (χ0n) is 12.1. The lowest BCUT2D eigenvalue weighted by molar-refractivity contribution is 0.102. The fourth-order valence-corrected chi connectivity index (χ4v) is 2.38. The molecule has 0 aliphatic carbocycles. The number of fused-ring (bicyclic) bond motifs is 1. The molecular formula is C18H16N2O. The summed E-state index contributed by atoms with van der Waals surface area (Å²) in [5, 5.41) is 4.01. The largest absolute Gasteiger partial charge is 0.320 e. The number of nitrogens with zero attached hydrogens (tertiary/aromatic N) is 1. The molecule has 0 unspecified atom stereocenters. The molecule has 0 fully saturated rings. The SMILES string of the molecule is Cc1cccc(C(=O)Nc2c(C)ccc3cccnc23)c1. The number of amides is 1. The number of pyridine rings is 1. The fraction of sp³-hybridized carbons (Fsp3) is 0.111. The highest BCUT2D eigenvalue weighted by Gasteiger charge is 2.11. The van der Waals surface area contributed by atoms with Crippen LogP contribution in [-0.2, 0) is 0 Å². The number of carbonyl (C=O) groups excluding carboxylic acids is 1. The van der Waals surface area contributed by atoms with Crippen molar-refractivity contribution in [2.24, 2.45) is 0 Å². The molecule has 3 nitrogen and oxygen atoms in total. The zero-order chi connectivity index (χ0) is 14.8. The monoisotopic (exact) mass is 276 g/mol. The van der Waals surface area contributed by atoms with Gasteiger partial charge in [-0.25, -0.2) is 0 Å². The van der Waals surface area contributed by atoms with Gasteiger partial charge in [-0.3, -0.25) is 9.78 Å². The average molecular weight is 276 g/mol. The number of aromatic nitrogens is 1. The minimum atomic E-state index is -0.111. The van der Waals surface area contributed by atoms with Crippen molar-refractivity contribution in [1.82, 2.24) is 4.98 Å². The molecule has 0 saturated carbocycles. The maximum Gasteiger partial charge on any atom is 0.255 e. The third kappa shape index (κ3) is 2.63. The molecule has 0 atom stereocenters. The lowest BCUT2D eigenvalue weighted by Gasteiger charge is -2.11. The Kier molecular flexibility index (Phi) is 3.40. The van der Waals surface area contributed by atoms with Crippen molar-refractivity contribution in [3.05, 3.63) is 71.4 Å². The molecule has 0 spiro atoms. The van der Waals surface area contributed by atoms with Crippen molar-refractivity contribution in [2.75, 3.05) is 5.32 Å². The number of hydrogen-bond acceptors (Lipinski definition) is 2. The predicted octanol–water partition coefficient (Wildman–Crippen LogP) is 4.10. The maximum absolute atomic E-state index is 12.4. The van der Waals surface area contributed by atoms with Crippen molar-refractivity contribution in [2.45, 2.75) is 13.8 Å². The van der Waals surface area contributed by atoms with Gasteiger partial charge in [-0.05, 0) is 37.6 Å². The second-order valence-corrected chi connectivity index (χ2v) is 5.16. The van der Waals surface area contributed by atoms with Gasteiger partial charge >= 0.3 is 0 Å². The molecule has 104 valence electrons. The van der Waals surface area contributed by atoms with Crippen LogP contribution in [0.3, 0.4) is 0 Å². The quantitative estimate of drug-likeness (QED) is 0.765. The van der Waals surface area contributed by atoms with E-state index in [1.54, 1.807) is 6.20 Å². The molecule has 0 saturated heterocycles. The van der Waals surface area contributed by atoms with Gasteiger partial charge in [0.2, 0.25) is 0 Å². The van der Waals surface area contributed by atoms with E-state index in [9.17, 15) is 4.79 Å². The smallest absolute Gasteiger partial charge is 0.255 e. The highest BCUT2D eigenvalue weighted by Crippen LogP contribution is 2.25. The van der Waals surface area contributed by atoms with E-state index in [1.165, 1.54) is 0 Å². The summed E-state index contributed by atoms with van der Waals surface area (Å²) >= 11 is 0. The van der Waals surface area contributed by atoms with Crippen LogP contribution < -0.4 is 5.32 Å². The van der Waals surface area contributed by atoms with Gasteiger partial charge in [0.05, 0.1) is 11.2 Å². The summed E-state index contributed by atoms with van der Waals surface area (Å²) in [6.45, 7) is 3.95. The third-order valence-electron chi connectivity index (χ3n) is 3.50. The minimum absolute atomic E-state index is 0.111. The summed E-state index contributed by atoms with van der Waals surface area (Å²) < 4.78 is 0. The second-order valence-electron chi connectivity index (χ2n) is 5.16. The molecule has 1 heterocycles. The first-order chi connectivity index (χ1) is 10.1. The number of anilines is 1. The van der Waals surface area contributed by atoms with Crippen molar-refractivity contribution < 1.29 is 4.79 Å². The van der Waals surface area contributed by atoms with Gasteiger partial charge < -0.3 is 5.32 Å². The molecule has 3 rings (SSSR count). The molecule has 3 aromatic rings. The molecular weight excluding hydrogens is 260 g/mol. The van der Waals surface area contributed by atoms with Crippen LogP contribution in [0.4, 0.5) is 5.69 Å². The number of hydrogen-bond donors (Lipinski definition) is 1. The van der Waals surface area contributed by atoms with Crippen LogP contribution in [-0.4, -0.2) is 10.9 Å². The minimum Gasteiger partial charge on any atom is -0.320 e. The number of carbonyl (C=O) groups is 1. The van der Waals surface area contributed by atoms with E-state index in [0.29, 0.717) is 5.56 Å². The van der Waals surface area contributed by atoms with Crippen LogP contribution in [0.2, 0.25) is 0 Å².